The zero-order valence-electron chi connectivity index (χ0n) is 14.5. The lowest BCUT2D eigenvalue weighted by Gasteiger charge is -2.12. The number of imide groups is 1. The van der Waals surface area contributed by atoms with Gasteiger partial charge < -0.3 is 4.84 Å². The van der Waals surface area contributed by atoms with Crippen molar-refractivity contribution in [2.45, 2.75) is 64.2 Å². The number of hydrogen-bond acceptors (Lipinski definition) is 4. The van der Waals surface area contributed by atoms with Crippen LogP contribution < -0.4 is 0 Å². The van der Waals surface area contributed by atoms with E-state index in [1.54, 1.807) is 24.3 Å². The lowest BCUT2D eigenvalue weighted by molar-refractivity contribution is -0.168. The van der Waals surface area contributed by atoms with E-state index in [2.05, 4.69) is 0 Å². The minimum absolute atomic E-state index is 0.232. The van der Waals surface area contributed by atoms with Gasteiger partial charge in [0, 0.05) is 6.42 Å². The summed E-state index contributed by atoms with van der Waals surface area (Å²) in [6.45, 7) is 0. The lowest BCUT2D eigenvalue weighted by Crippen LogP contribution is -2.32. The third kappa shape index (κ3) is 4.68. The van der Waals surface area contributed by atoms with Gasteiger partial charge in [-0.05, 0) is 24.5 Å². The first-order chi connectivity index (χ1) is 12.2. The van der Waals surface area contributed by atoms with E-state index < -0.39 is 17.8 Å². The Balaban J connectivity index is 1.30. The van der Waals surface area contributed by atoms with Gasteiger partial charge in [0.05, 0.1) is 11.1 Å². The highest BCUT2D eigenvalue weighted by molar-refractivity contribution is 6.20. The minimum Gasteiger partial charge on any atom is -0.330 e. The lowest BCUT2D eigenvalue weighted by atomic mass is 10.1. The molecular formula is C20H25NO4. The van der Waals surface area contributed by atoms with E-state index in [0.717, 1.165) is 25.2 Å². The highest BCUT2D eigenvalue weighted by Crippen LogP contribution is 2.34. The van der Waals surface area contributed by atoms with Crippen LogP contribution in [-0.2, 0) is 9.63 Å². The summed E-state index contributed by atoms with van der Waals surface area (Å²) in [5.41, 5.74) is 0.568. The first-order valence-corrected chi connectivity index (χ1v) is 9.35. The maximum Gasteiger partial charge on any atom is 0.333 e. The minimum atomic E-state index is -0.565. The molecule has 1 aliphatic carbocycles. The number of rotatable bonds is 10. The van der Waals surface area contributed by atoms with Gasteiger partial charge in [0.1, 0.15) is 0 Å². The molecule has 0 spiro atoms. The van der Waals surface area contributed by atoms with Crippen molar-refractivity contribution in [2.75, 3.05) is 0 Å². The van der Waals surface area contributed by atoms with Crippen LogP contribution >= 0.6 is 0 Å². The number of fused-ring (bicyclic) bond motifs is 1. The molecule has 0 radical (unpaired) electrons. The molecule has 25 heavy (non-hydrogen) atoms. The highest BCUT2D eigenvalue weighted by atomic mass is 16.7. The summed E-state index contributed by atoms with van der Waals surface area (Å²) in [6, 6.07) is 6.49. The summed E-state index contributed by atoms with van der Waals surface area (Å²) in [5, 5.41) is 0.588. The second kappa shape index (κ2) is 8.28. The molecular weight excluding hydrogens is 318 g/mol. The van der Waals surface area contributed by atoms with Gasteiger partial charge in [0.25, 0.3) is 11.8 Å². The normalized spacial score (nSPS) is 16.2. The summed E-state index contributed by atoms with van der Waals surface area (Å²) in [7, 11) is 0. The number of benzene rings is 1. The SMILES string of the molecule is O=C(CCCCCCCCC1CC1)ON1C(=O)c2ccccc2C1=O. The second-order valence-electron chi connectivity index (χ2n) is 7.02. The summed E-state index contributed by atoms with van der Waals surface area (Å²) in [5.74, 6) is -0.644. The Morgan fingerprint density at radius 2 is 1.48 bits per heavy atom. The number of carbonyl (C=O) groups excluding carboxylic acids is 3. The van der Waals surface area contributed by atoms with Crippen LogP contribution in [-0.4, -0.2) is 22.8 Å². The molecule has 5 heteroatoms. The monoisotopic (exact) mass is 343 g/mol. The number of amides is 2. The van der Waals surface area contributed by atoms with Crippen molar-refractivity contribution in [3.63, 3.8) is 0 Å². The third-order valence-electron chi connectivity index (χ3n) is 4.89. The molecule has 1 heterocycles. The van der Waals surface area contributed by atoms with Crippen molar-refractivity contribution < 1.29 is 19.2 Å². The maximum atomic E-state index is 12.1. The number of unbranched alkanes of at least 4 members (excludes halogenated alkanes) is 5. The standard InChI is InChI=1S/C20H25NO4/c22-18(12-6-4-2-1-3-5-9-15-13-14-15)25-21-19(23)16-10-7-8-11-17(16)20(21)24/h7-8,10-11,15H,1-6,9,12-14H2. The fourth-order valence-electron chi connectivity index (χ4n) is 3.21. The first-order valence-electron chi connectivity index (χ1n) is 9.35. The smallest absolute Gasteiger partial charge is 0.330 e. The van der Waals surface area contributed by atoms with Crippen molar-refractivity contribution >= 4 is 17.8 Å². The predicted molar refractivity (Wildman–Crippen MR) is 92.7 cm³/mol. The molecule has 1 aliphatic heterocycles. The van der Waals surface area contributed by atoms with Crippen LogP contribution in [0.3, 0.4) is 0 Å². The van der Waals surface area contributed by atoms with Gasteiger partial charge in [-0.25, -0.2) is 4.79 Å². The molecule has 3 rings (SSSR count). The summed E-state index contributed by atoms with van der Waals surface area (Å²) in [6.07, 6.45) is 11.1. The number of carbonyl (C=O) groups is 3. The van der Waals surface area contributed by atoms with Gasteiger partial charge in [-0.3, -0.25) is 9.59 Å². The fraction of sp³-hybridized carbons (Fsp3) is 0.550. The largest absolute Gasteiger partial charge is 0.333 e. The molecule has 0 atom stereocenters. The summed E-state index contributed by atoms with van der Waals surface area (Å²) >= 11 is 0. The average molecular weight is 343 g/mol. The molecule has 5 nitrogen and oxygen atoms in total. The van der Waals surface area contributed by atoms with Gasteiger partial charge in [-0.1, -0.05) is 68.6 Å². The van der Waals surface area contributed by atoms with Crippen molar-refractivity contribution in [1.29, 1.82) is 0 Å². The summed E-state index contributed by atoms with van der Waals surface area (Å²) in [4.78, 5) is 41.1. The van der Waals surface area contributed by atoms with Crippen LogP contribution in [0.1, 0.15) is 84.9 Å². The summed E-state index contributed by atoms with van der Waals surface area (Å²) < 4.78 is 0. The van der Waals surface area contributed by atoms with Crippen molar-refractivity contribution in [3.05, 3.63) is 35.4 Å². The van der Waals surface area contributed by atoms with Crippen molar-refractivity contribution in [2.24, 2.45) is 5.92 Å². The van der Waals surface area contributed by atoms with Crippen LogP contribution in [0.2, 0.25) is 0 Å². The first kappa shape index (κ1) is 17.6. The van der Waals surface area contributed by atoms with Crippen LogP contribution in [0.4, 0.5) is 0 Å². The Kier molecular flexibility index (Phi) is 5.84. The third-order valence-corrected chi connectivity index (χ3v) is 4.89. The second-order valence-corrected chi connectivity index (χ2v) is 7.02. The molecule has 2 aliphatic rings. The van der Waals surface area contributed by atoms with E-state index in [1.807, 2.05) is 0 Å². The van der Waals surface area contributed by atoms with E-state index in [1.165, 1.54) is 38.5 Å². The maximum absolute atomic E-state index is 12.1. The topological polar surface area (TPSA) is 63.7 Å². The average Bonchev–Trinajstić information content (AvgIpc) is 3.41. The molecule has 1 aromatic rings. The Bertz CT molecular complexity index is 616. The van der Waals surface area contributed by atoms with E-state index in [9.17, 15) is 14.4 Å². The predicted octanol–water partition coefficient (Wildman–Crippen LogP) is 4.27. The molecule has 0 unspecified atom stereocenters. The zero-order valence-corrected chi connectivity index (χ0v) is 14.5. The van der Waals surface area contributed by atoms with Crippen LogP contribution in [0.15, 0.2) is 24.3 Å². The van der Waals surface area contributed by atoms with E-state index in [0.29, 0.717) is 5.06 Å². The Morgan fingerprint density at radius 3 is 2.08 bits per heavy atom. The molecule has 0 aromatic heterocycles. The molecule has 1 fully saturated rings. The Hall–Kier alpha value is -2.17. The molecule has 1 aromatic carbocycles. The quantitative estimate of drug-likeness (QED) is 0.470. The van der Waals surface area contributed by atoms with Crippen molar-refractivity contribution in [1.82, 2.24) is 5.06 Å². The zero-order chi connectivity index (χ0) is 17.6. The van der Waals surface area contributed by atoms with Crippen LogP contribution in [0, 0.1) is 5.92 Å². The Morgan fingerprint density at radius 1 is 0.920 bits per heavy atom. The van der Waals surface area contributed by atoms with E-state index in [-0.39, 0.29) is 17.5 Å². The molecule has 0 bridgehead atoms. The van der Waals surface area contributed by atoms with Gasteiger partial charge in [0.2, 0.25) is 0 Å². The molecule has 2 amide bonds. The molecule has 0 N–H and O–H groups in total. The highest BCUT2D eigenvalue weighted by Gasteiger charge is 2.38. The van der Waals surface area contributed by atoms with Gasteiger partial charge in [-0.2, -0.15) is 0 Å². The number of hydroxylamine groups is 2. The molecule has 0 saturated heterocycles. The van der Waals surface area contributed by atoms with Gasteiger partial charge in [-0.15, -0.1) is 0 Å². The molecule has 134 valence electrons. The Labute approximate surface area is 148 Å². The van der Waals surface area contributed by atoms with Crippen molar-refractivity contribution in [3.8, 4) is 0 Å². The van der Waals surface area contributed by atoms with E-state index >= 15 is 0 Å². The van der Waals surface area contributed by atoms with Crippen LogP contribution in [0.25, 0.3) is 0 Å². The van der Waals surface area contributed by atoms with Gasteiger partial charge in [0.15, 0.2) is 0 Å². The van der Waals surface area contributed by atoms with Gasteiger partial charge >= 0.3 is 5.97 Å². The number of nitrogens with zero attached hydrogens (tertiary/aromatic N) is 1. The van der Waals surface area contributed by atoms with E-state index in [4.69, 9.17) is 4.84 Å². The number of hydrogen-bond donors (Lipinski definition) is 0. The molecule has 1 saturated carbocycles. The van der Waals surface area contributed by atoms with Crippen LogP contribution in [0.5, 0.6) is 0 Å². The fourth-order valence-corrected chi connectivity index (χ4v) is 3.21.